The van der Waals surface area contributed by atoms with Crippen LogP contribution in [-0.4, -0.2) is 43.1 Å². The molecule has 23 heavy (non-hydrogen) atoms. The molecule has 0 bridgehead atoms. The van der Waals surface area contributed by atoms with E-state index in [-0.39, 0.29) is 24.0 Å². The second-order valence-corrected chi connectivity index (χ2v) is 5.93. The lowest BCUT2D eigenvalue weighted by atomic mass is 10.2. The first-order valence-corrected chi connectivity index (χ1v) is 8.22. The molecule has 1 aliphatic rings. The van der Waals surface area contributed by atoms with Gasteiger partial charge in [-0.2, -0.15) is 0 Å². The molecule has 1 aromatic rings. The van der Waals surface area contributed by atoms with Gasteiger partial charge in [0.15, 0.2) is 5.96 Å². The molecular formula is C17H29IN4O. The molecule has 6 heteroatoms. The molecule has 0 atom stereocenters. The molecule has 0 aromatic carbocycles. The number of ether oxygens (including phenoxy) is 1. The molecule has 0 amide bonds. The summed E-state index contributed by atoms with van der Waals surface area (Å²) in [5.41, 5.74) is 1.16. The number of hydrogen-bond donors (Lipinski definition) is 1. The molecule has 130 valence electrons. The zero-order valence-electron chi connectivity index (χ0n) is 14.4. The molecule has 0 unspecified atom stereocenters. The highest BCUT2D eigenvalue weighted by Gasteiger charge is 2.22. The fourth-order valence-corrected chi connectivity index (χ4v) is 2.19. The number of aliphatic imine (C=N–C) groups is 1. The van der Waals surface area contributed by atoms with Crippen molar-refractivity contribution in [3.8, 4) is 5.88 Å². The summed E-state index contributed by atoms with van der Waals surface area (Å²) in [5.74, 6) is 2.39. The van der Waals surface area contributed by atoms with Gasteiger partial charge in [-0.1, -0.05) is 13.3 Å². The predicted octanol–water partition coefficient (Wildman–Crippen LogP) is 3.30. The fourth-order valence-electron chi connectivity index (χ4n) is 2.19. The smallest absolute Gasteiger partial charge is 0.213 e. The van der Waals surface area contributed by atoms with E-state index in [0.717, 1.165) is 43.0 Å². The highest BCUT2D eigenvalue weighted by Crippen LogP contribution is 2.29. The van der Waals surface area contributed by atoms with Gasteiger partial charge in [0, 0.05) is 39.4 Å². The normalized spacial score (nSPS) is 14.1. The third-order valence-corrected chi connectivity index (χ3v) is 3.83. The van der Waals surface area contributed by atoms with Crippen LogP contribution in [0.15, 0.2) is 23.3 Å². The van der Waals surface area contributed by atoms with E-state index in [1.807, 2.05) is 25.4 Å². The second kappa shape index (κ2) is 10.7. The molecule has 0 aliphatic heterocycles. The number of halogens is 1. The Balaban J connectivity index is 0.00000264. The molecule has 1 saturated carbocycles. The van der Waals surface area contributed by atoms with Crippen molar-refractivity contribution in [2.45, 2.75) is 39.2 Å². The SMILES string of the molecule is CCCCN(C)C(=NC)NCc1ccnc(OCC2CC2)c1.I. The fraction of sp³-hybridized carbons (Fsp3) is 0.647. The average molecular weight is 432 g/mol. The molecule has 1 aliphatic carbocycles. The largest absolute Gasteiger partial charge is 0.477 e. The highest BCUT2D eigenvalue weighted by molar-refractivity contribution is 14.0. The minimum atomic E-state index is 0. The molecule has 5 nitrogen and oxygen atoms in total. The van der Waals surface area contributed by atoms with Crippen LogP contribution in [0.2, 0.25) is 0 Å². The van der Waals surface area contributed by atoms with Crippen LogP contribution >= 0.6 is 24.0 Å². The van der Waals surface area contributed by atoms with Gasteiger partial charge in [0.2, 0.25) is 5.88 Å². The first-order valence-electron chi connectivity index (χ1n) is 8.22. The van der Waals surface area contributed by atoms with Gasteiger partial charge >= 0.3 is 0 Å². The van der Waals surface area contributed by atoms with E-state index in [0.29, 0.717) is 0 Å². The first-order chi connectivity index (χ1) is 10.7. The van der Waals surface area contributed by atoms with Crippen LogP contribution in [0.4, 0.5) is 0 Å². The van der Waals surface area contributed by atoms with Gasteiger partial charge in [-0.15, -0.1) is 24.0 Å². The summed E-state index contributed by atoms with van der Waals surface area (Å²) in [7, 11) is 3.89. The van der Waals surface area contributed by atoms with E-state index < -0.39 is 0 Å². The number of hydrogen-bond acceptors (Lipinski definition) is 3. The maximum absolute atomic E-state index is 5.72. The Morgan fingerprint density at radius 1 is 1.48 bits per heavy atom. The van der Waals surface area contributed by atoms with E-state index in [1.54, 1.807) is 0 Å². The van der Waals surface area contributed by atoms with Crippen molar-refractivity contribution in [1.29, 1.82) is 0 Å². The van der Waals surface area contributed by atoms with Crippen molar-refractivity contribution < 1.29 is 4.74 Å². The maximum atomic E-state index is 5.72. The van der Waals surface area contributed by atoms with Crippen molar-refractivity contribution >= 4 is 29.9 Å². The Labute approximate surface area is 156 Å². The van der Waals surface area contributed by atoms with Crippen LogP contribution in [0.3, 0.4) is 0 Å². The Hall–Kier alpha value is -1.05. The Morgan fingerprint density at radius 3 is 2.91 bits per heavy atom. The Kier molecular flexibility index (Phi) is 9.28. The summed E-state index contributed by atoms with van der Waals surface area (Å²) in [5, 5.41) is 3.39. The van der Waals surface area contributed by atoms with Crippen LogP contribution in [-0.2, 0) is 6.54 Å². The van der Waals surface area contributed by atoms with Crippen molar-refractivity contribution in [3.05, 3.63) is 23.9 Å². The van der Waals surface area contributed by atoms with Gasteiger partial charge in [-0.25, -0.2) is 4.98 Å². The lowest BCUT2D eigenvalue weighted by Crippen LogP contribution is -2.38. The second-order valence-electron chi connectivity index (χ2n) is 5.93. The number of pyridine rings is 1. The summed E-state index contributed by atoms with van der Waals surface area (Å²) in [6.45, 7) is 4.74. The molecule has 1 aromatic heterocycles. The third kappa shape index (κ3) is 7.37. The first kappa shape index (κ1) is 20.0. The minimum absolute atomic E-state index is 0. The van der Waals surface area contributed by atoms with Gasteiger partial charge in [0.1, 0.15) is 0 Å². The standard InChI is InChI=1S/C17H28N4O.HI/c1-4-5-10-21(3)17(18-2)20-12-15-8-9-19-16(11-15)22-13-14-6-7-14;/h8-9,11,14H,4-7,10,12-13H2,1-3H3,(H,18,20);1H. The molecule has 1 fully saturated rings. The number of aromatic nitrogens is 1. The monoisotopic (exact) mass is 432 g/mol. The van der Waals surface area contributed by atoms with Crippen LogP contribution < -0.4 is 10.1 Å². The van der Waals surface area contributed by atoms with Crippen LogP contribution in [0, 0.1) is 5.92 Å². The highest BCUT2D eigenvalue weighted by atomic mass is 127. The average Bonchev–Trinajstić information content (AvgIpc) is 3.36. The van der Waals surface area contributed by atoms with Gasteiger partial charge in [0.25, 0.3) is 0 Å². The van der Waals surface area contributed by atoms with Crippen LogP contribution in [0.25, 0.3) is 0 Å². The molecule has 1 heterocycles. The van der Waals surface area contributed by atoms with Crippen LogP contribution in [0.1, 0.15) is 38.2 Å². The van der Waals surface area contributed by atoms with Crippen molar-refractivity contribution in [2.75, 3.05) is 27.2 Å². The number of nitrogens with zero attached hydrogens (tertiary/aromatic N) is 3. The number of nitrogens with one attached hydrogen (secondary N) is 1. The molecule has 0 saturated heterocycles. The lowest BCUT2D eigenvalue weighted by molar-refractivity contribution is 0.288. The molecule has 0 radical (unpaired) electrons. The number of rotatable bonds is 8. The Morgan fingerprint density at radius 2 is 2.26 bits per heavy atom. The molecule has 2 rings (SSSR count). The zero-order valence-corrected chi connectivity index (χ0v) is 16.7. The number of guanidine groups is 1. The van der Waals surface area contributed by atoms with Crippen molar-refractivity contribution in [2.24, 2.45) is 10.9 Å². The topological polar surface area (TPSA) is 49.8 Å². The predicted molar refractivity (Wildman–Crippen MR) is 106 cm³/mol. The van der Waals surface area contributed by atoms with E-state index in [9.17, 15) is 0 Å². The van der Waals surface area contributed by atoms with Crippen molar-refractivity contribution in [1.82, 2.24) is 15.2 Å². The van der Waals surface area contributed by atoms with Gasteiger partial charge < -0.3 is 15.0 Å². The van der Waals surface area contributed by atoms with Crippen LogP contribution in [0.5, 0.6) is 5.88 Å². The maximum Gasteiger partial charge on any atom is 0.213 e. The minimum Gasteiger partial charge on any atom is -0.477 e. The quantitative estimate of drug-likeness (QED) is 0.389. The summed E-state index contributed by atoms with van der Waals surface area (Å²) >= 11 is 0. The third-order valence-electron chi connectivity index (χ3n) is 3.83. The molecular weight excluding hydrogens is 403 g/mol. The van der Waals surface area contributed by atoms with E-state index >= 15 is 0 Å². The van der Waals surface area contributed by atoms with E-state index in [2.05, 4.69) is 34.2 Å². The molecule has 1 N–H and O–H groups in total. The Bertz CT molecular complexity index is 491. The van der Waals surface area contributed by atoms with E-state index in [4.69, 9.17) is 4.74 Å². The molecule has 0 spiro atoms. The zero-order chi connectivity index (χ0) is 15.8. The van der Waals surface area contributed by atoms with Crippen molar-refractivity contribution in [3.63, 3.8) is 0 Å². The summed E-state index contributed by atoms with van der Waals surface area (Å²) < 4.78 is 5.72. The van der Waals surface area contributed by atoms with Gasteiger partial charge in [0.05, 0.1) is 6.61 Å². The summed E-state index contributed by atoms with van der Waals surface area (Å²) in [6, 6.07) is 4.02. The van der Waals surface area contributed by atoms with Gasteiger partial charge in [-0.05, 0) is 36.8 Å². The summed E-state index contributed by atoms with van der Waals surface area (Å²) in [4.78, 5) is 10.8. The number of unbranched alkanes of at least 4 members (excludes halogenated alkanes) is 1. The van der Waals surface area contributed by atoms with Gasteiger partial charge in [-0.3, -0.25) is 4.99 Å². The summed E-state index contributed by atoms with van der Waals surface area (Å²) in [6.07, 6.45) is 6.76. The lowest BCUT2D eigenvalue weighted by Gasteiger charge is -2.21. The van der Waals surface area contributed by atoms with E-state index in [1.165, 1.54) is 25.7 Å².